The van der Waals surface area contributed by atoms with Crippen LogP contribution in [-0.2, 0) is 13.6 Å². The Labute approximate surface area is 72.8 Å². The molecule has 1 heterocycles. The molecule has 0 aromatic carbocycles. The second-order valence-electron chi connectivity index (χ2n) is 3.49. The molecule has 0 bridgehead atoms. The van der Waals surface area contributed by atoms with E-state index in [0.29, 0.717) is 0 Å². The van der Waals surface area contributed by atoms with Crippen LogP contribution in [0, 0.1) is 0 Å². The Morgan fingerprint density at radius 3 is 3.00 bits per heavy atom. The highest BCUT2D eigenvalue weighted by Crippen LogP contribution is 2.39. The van der Waals surface area contributed by atoms with E-state index in [-0.39, 0.29) is 0 Å². The van der Waals surface area contributed by atoms with E-state index < -0.39 is 0 Å². The summed E-state index contributed by atoms with van der Waals surface area (Å²) < 4.78 is 1.98. The third-order valence-corrected chi connectivity index (χ3v) is 2.35. The first-order valence-electron chi connectivity index (χ1n) is 4.48. The number of nitrogens with one attached hydrogen (secondary N) is 1. The Morgan fingerprint density at radius 1 is 1.67 bits per heavy atom. The predicted molar refractivity (Wildman–Crippen MR) is 47.9 cm³/mol. The molecule has 2 rings (SSSR count). The summed E-state index contributed by atoms with van der Waals surface area (Å²) in [7, 11) is 3.97. The van der Waals surface area contributed by atoms with Gasteiger partial charge < -0.3 is 5.32 Å². The molecule has 12 heavy (non-hydrogen) atoms. The maximum Gasteiger partial charge on any atom is 0.0658 e. The van der Waals surface area contributed by atoms with E-state index in [9.17, 15) is 0 Å². The predicted octanol–water partition coefficient (Wildman–Crippen LogP) is 1.02. The molecule has 1 aliphatic carbocycles. The van der Waals surface area contributed by atoms with Crippen molar-refractivity contribution < 1.29 is 0 Å². The molecule has 0 unspecified atom stereocenters. The van der Waals surface area contributed by atoms with Crippen molar-refractivity contribution in [2.75, 3.05) is 7.05 Å². The van der Waals surface area contributed by atoms with Crippen molar-refractivity contribution in [2.24, 2.45) is 7.05 Å². The molecule has 1 aromatic heterocycles. The highest BCUT2D eigenvalue weighted by Gasteiger charge is 2.26. The van der Waals surface area contributed by atoms with Crippen LogP contribution in [0.4, 0.5) is 0 Å². The lowest BCUT2D eigenvalue weighted by molar-refractivity contribution is 0.665. The van der Waals surface area contributed by atoms with Gasteiger partial charge in [0.25, 0.3) is 0 Å². The van der Waals surface area contributed by atoms with Crippen molar-refractivity contribution in [1.82, 2.24) is 15.1 Å². The van der Waals surface area contributed by atoms with Crippen molar-refractivity contribution in [3.63, 3.8) is 0 Å². The van der Waals surface area contributed by atoms with E-state index in [2.05, 4.69) is 16.5 Å². The van der Waals surface area contributed by atoms with Crippen molar-refractivity contribution >= 4 is 0 Å². The second kappa shape index (κ2) is 2.90. The van der Waals surface area contributed by atoms with Crippen molar-refractivity contribution in [3.8, 4) is 0 Å². The standard InChI is InChI=1S/C9H15N3/c1-10-6-8-5-9(7-3-4-7)11-12(8)2/h5,7,10H,3-4,6H2,1-2H3. The Bertz CT molecular complexity index is 273. The monoisotopic (exact) mass is 165 g/mol. The zero-order valence-corrected chi connectivity index (χ0v) is 7.67. The van der Waals surface area contributed by atoms with Gasteiger partial charge >= 0.3 is 0 Å². The Kier molecular flexibility index (Phi) is 1.89. The van der Waals surface area contributed by atoms with Crippen molar-refractivity contribution in [1.29, 1.82) is 0 Å². The van der Waals surface area contributed by atoms with Gasteiger partial charge in [-0.15, -0.1) is 0 Å². The summed E-state index contributed by atoms with van der Waals surface area (Å²) in [6, 6.07) is 2.22. The molecular weight excluding hydrogens is 150 g/mol. The van der Waals surface area contributed by atoms with Gasteiger partial charge in [0.15, 0.2) is 0 Å². The summed E-state index contributed by atoms with van der Waals surface area (Å²) in [6.07, 6.45) is 2.66. The fourth-order valence-electron chi connectivity index (χ4n) is 1.46. The fraction of sp³-hybridized carbons (Fsp3) is 0.667. The average Bonchev–Trinajstić information content (AvgIpc) is 2.80. The van der Waals surface area contributed by atoms with E-state index in [1.165, 1.54) is 24.2 Å². The van der Waals surface area contributed by atoms with Crippen molar-refractivity contribution in [2.45, 2.75) is 25.3 Å². The third kappa shape index (κ3) is 1.37. The van der Waals surface area contributed by atoms with E-state index in [0.717, 1.165) is 12.5 Å². The Balaban J connectivity index is 2.18. The number of aryl methyl sites for hydroxylation is 1. The minimum atomic E-state index is 0.766. The summed E-state index contributed by atoms with van der Waals surface area (Å²) in [5.41, 5.74) is 2.56. The second-order valence-corrected chi connectivity index (χ2v) is 3.49. The van der Waals surface area contributed by atoms with Crippen LogP contribution in [-0.4, -0.2) is 16.8 Å². The van der Waals surface area contributed by atoms with Crippen LogP contribution in [0.3, 0.4) is 0 Å². The molecule has 66 valence electrons. The van der Waals surface area contributed by atoms with Crippen LogP contribution >= 0.6 is 0 Å². The van der Waals surface area contributed by atoms with Gasteiger partial charge in [0.1, 0.15) is 0 Å². The van der Waals surface area contributed by atoms with Gasteiger partial charge in [-0.25, -0.2) is 0 Å². The first-order valence-corrected chi connectivity index (χ1v) is 4.48. The van der Waals surface area contributed by atoms with Crippen molar-refractivity contribution in [3.05, 3.63) is 17.5 Å². The quantitative estimate of drug-likeness (QED) is 0.724. The van der Waals surface area contributed by atoms with Gasteiger partial charge in [-0.05, 0) is 26.0 Å². The molecule has 0 radical (unpaired) electrons. The molecule has 0 amide bonds. The van der Waals surface area contributed by atoms with Gasteiger partial charge in [0.05, 0.1) is 11.4 Å². The van der Waals surface area contributed by atoms with E-state index in [4.69, 9.17) is 0 Å². The lowest BCUT2D eigenvalue weighted by Gasteiger charge is -1.97. The zero-order valence-electron chi connectivity index (χ0n) is 7.67. The summed E-state index contributed by atoms with van der Waals surface area (Å²) in [4.78, 5) is 0. The van der Waals surface area contributed by atoms with E-state index in [1.54, 1.807) is 0 Å². The average molecular weight is 165 g/mol. The highest BCUT2D eigenvalue weighted by molar-refractivity contribution is 5.18. The van der Waals surface area contributed by atoms with Crippen LogP contribution in [0.5, 0.6) is 0 Å². The number of hydrogen-bond acceptors (Lipinski definition) is 2. The van der Waals surface area contributed by atoms with Crippen LogP contribution < -0.4 is 5.32 Å². The van der Waals surface area contributed by atoms with E-state index in [1.807, 2.05) is 18.8 Å². The SMILES string of the molecule is CNCc1cc(C2CC2)nn1C. The van der Waals surface area contributed by atoms with Crippen LogP contribution in [0.2, 0.25) is 0 Å². The van der Waals surface area contributed by atoms with Gasteiger partial charge in [0.2, 0.25) is 0 Å². The summed E-state index contributed by atoms with van der Waals surface area (Å²) in [5.74, 6) is 0.766. The molecule has 0 atom stereocenters. The minimum Gasteiger partial charge on any atom is -0.314 e. The fourth-order valence-corrected chi connectivity index (χ4v) is 1.46. The molecule has 1 N–H and O–H groups in total. The lowest BCUT2D eigenvalue weighted by Crippen LogP contribution is -2.09. The smallest absolute Gasteiger partial charge is 0.0658 e. The Hall–Kier alpha value is -0.830. The van der Waals surface area contributed by atoms with Gasteiger partial charge in [0, 0.05) is 19.5 Å². The molecule has 0 spiro atoms. The van der Waals surface area contributed by atoms with Gasteiger partial charge in [-0.3, -0.25) is 4.68 Å². The topological polar surface area (TPSA) is 29.9 Å². The molecule has 1 fully saturated rings. The van der Waals surface area contributed by atoms with Crippen LogP contribution in [0.15, 0.2) is 6.07 Å². The number of rotatable bonds is 3. The summed E-state index contributed by atoms with van der Waals surface area (Å²) in [5, 5.41) is 7.60. The maximum atomic E-state index is 4.47. The molecule has 0 saturated heterocycles. The minimum absolute atomic E-state index is 0.766. The Morgan fingerprint density at radius 2 is 2.42 bits per heavy atom. The normalized spacial score (nSPS) is 16.8. The molecule has 3 nitrogen and oxygen atoms in total. The van der Waals surface area contributed by atoms with E-state index >= 15 is 0 Å². The zero-order chi connectivity index (χ0) is 8.55. The first kappa shape index (κ1) is 7.80. The number of aromatic nitrogens is 2. The number of nitrogens with zero attached hydrogens (tertiary/aromatic N) is 2. The van der Waals surface area contributed by atoms with Gasteiger partial charge in [-0.2, -0.15) is 5.10 Å². The molecular formula is C9H15N3. The molecule has 1 aliphatic rings. The largest absolute Gasteiger partial charge is 0.314 e. The van der Waals surface area contributed by atoms with Gasteiger partial charge in [-0.1, -0.05) is 0 Å². The van der Waals surface area contributed by atoms with Crippen LogP contribution in [0.1, 0.15) is 30.1 Å². The summed E-state index contributed by atoms with van der Waals surface area (Å²) in [6.45, 7) is 0.913. The lowest BCUT2D eigenvalue weighted by atomic mass is 10.3. The van der Waals surface area contributed by atoms with Crippen LogP contribution in [0.25, 0.3) is 0 Å². The molecule has 1 saturated carbocycles. The molecule has 1 aromatic rings. The molecule has 0 aliphatic heterocycles. The molecule has 3 heteroatoms. The first-order chi connectivity index (χ1) is 5.81. The number of hydrogen-bond donors (Lipinski definition) is 1. The summed E-state index contributed by atoms with van der Waals surface area (Å²) >= 11 is 0. The highest BCUT2D eigenvalue weighted by atomic mass is 15.3. The maximum absolute atomic E-state index is 4.47. The third-order valence-electron chi connectivity index (χ3n) is 2.35.